The Balaban J connectivity index is 2.26. The molecule has 5 nitrogen and oxygen atoms in total. The molecule has 0 aliphatic carbocycles. The van der Waals surface area contributed by atoms with Crippen molar-refractivity contribution < 1.29 is 9.90 Å². The first-order chi connectivity index (χ1) is 9.27. The molecule has 0 saturated carbocycles. The minimum atomic E-state index is -0.788. The van der Waals surface area contributed by atoms with Crippen LogP contribution in [0.2, 0.25) is 0 Å². The highest BCUT2D eigenvalue weighted by Crippen LogP contribution is 2.34. The van der Waals surface area contributed by atoms with Crippen molar-refractivity contribution >= 4 is 22.4 Å². The molecule has 0 spiro atoms. The highest BCUT2D eigenvalue weighted by molar-refractivity contribution is 7.15. The molecule has 0 amide bonds. The first-order valence-corrected chi connectivity index (χ1v) is 7.74. The quantitative estimate of drug-likeness (QED) is 0.922. The van der Waals surface area contributed by atoms with E-state index in [0.717, 1.165) is 41.9 Å². The fourth-order valence-corrected chi connectivity index (χ4v) is 3.63. The number of aliphatic carboxylic acids is 1. The number of piperazine rings is 1. The summed E-state index contributed by atoms with van der Waals surface area (Å²) >= 11 is 1.54. The second-order valence-corrected chi connectivity index (χ2v) is 7.44. The van der Waals surface area contributed by atoms with Crippen LogP contribution in [0.25, 0.3) is 0 Å². The van der Waals surface area contributed by atoms with Gasteiger partial charge in [-0.3, -0.25) is 4.79 Å². The number of aromatic nitrogens is 1. The lowest BCUT2D eigenvalue weighted by molar-refractivity contribution is -0.136. The molecular formula is C14H23N3O2S. The third-order valence-corrected chi connectivity index (χ3v) is 4.60. The number of hydrogen-bond acceptors (Lipinski definition) is 5. The van der Waals surface area contributed by atoms with E-state index in [1.807, 2.05) is 0 Å². The normalized spacial score (nSPS) is 17.5. The van der Waals surface area contributed by atoms with Crippen molar-refractivity contribution in [3.8, 4) is 0 Å². The maximum Gasteiger partial charge on any atom is 0.308 e. The predicted octanol–water partition coefficient (Wildman–Crippen LogP) is 1.82. The van der Waals surface area contributed by atoms with Crippen LogP contribution in [-0.2, 0) is 16.6 Å². The lowest BCUT2D eigenvalue weighted by Gasteiger charge is -2.32. The van der Waals surface area contributed by atoms with E-state index in [1.165, 1.54) is 11.3 Å². The van der Waals surface area contributed by atoms with E-state index in [9.17, 15) is 4.79 Å². The van der Waals surface area contributed by atoms with Gasteiger partial charge in [0.25, 0.3) is 0 Å². The molecule has 0 bridgehead atoms. The molecule has 2 rings (SSSR count). The average Bonchev–Trinajstić information content (AvgIpc) is 2.72. The summed E-state index contributed by atoms with van der Waals surface area (Å²) in [4.78, 5) is 21.2. The van der Waals surface area contributed by atoms with Gasteiger partial charge in [-0.1, -0.05) is 20.8 Å². The van der Waals surface area contributed by atoms with Gasteiger partial charge in [-0.15, -0.1) is 11.3 Å². The number of anilines is 1. The van der Waals surface area contributed by atoms with Crippen LogP contribution in [-0.4, -0.2) is 54.2 Å². The Hall–Kier alpha value is -1.14. The summed E-state index contributed by atoms with van der Waals surface area (Å²) in [6.45, 7) is 10.2. The first-order valence-electron chi connectivity index (χ1n) is 6.93. The molecular weight excluding hydrogens is 274 g/mol. The summed E-state index contributed by atoms with van der Waals surface area (Å²) in [5.74, 6) is -0.788. The molecule has 0 radical (unpaired) electrons. The van der Waals surface area contributed by atoms with E-state index in [4.69, 9.17) is 10.1 Å². The number of rotatable bonds is 3. The average molecular weight is 297 g/mol. The van der Waals surface area contributed by atoms with Crippen molar-refractivity contribution in [3.05, 3.63) is 10.6 Å². The number of carboxylic acids is 1. The Morgan fingerprint density at radius 2 is 1.90 bits per heavy atom. The van der Waals surface area contributed by atoms with Crippen molar-refractivity contribution in [1.82, 2.24) is 9.88 Å². The van der Waals surface area contributed by atoms with Gasteiger partial charge in [0.2, 0.25) is 0 Å². The number of carbonyl (C=O) groups is 1. The van der Waals surface area contributed by atoms with Crippen LogP contribution in [0.5, 0.6) is 0 Å². The first kappa shape index (κ1) is 15.3. The molecule has 1 fully saturated rings. The number of carboxylic acid groups (broad SMARTS) is 1. The van der Waals surface area contributed by atoms with Gasteiger partial charge in [-0.05, 0) is 7.05 Å². The molecule has 1 N–H and O–H groups in total. The molecule has 1 aliphatic heterocycles. The van der Waals surface area contributed by atoms with Gasteiger partial charge in [0.1, 0.15) is 0 Å². The van der Waals surface area contributed by atoms with E-state index < -0.39 is 5.97 Å². The fraction of sp³-hybridized carbons (Fsp3) is 0.714. The molecule has 1 saturated heterocycles. The molecule has 1 aromatic heterocycles. The lowest BCUT2D eigenvalue weighted by Crippen LogP contribution is -2.44. The van der Waals surface area contributed by atoms with Crippen LogP contribution in [0.4, 0.5) is 5.13 Å². The molecule has 0 aromatic carbocycles. The minimum Gasteiger partial charge on any atom is -0.481 e. The summed E-state index contributed by atoms with van der Waals surface area (Å²) in [5.41, 5.74) is 0.811. The molecule has 0 unspecified atom stereocenters. The zero-order valence-corrected chi connectivity index (χ0v) is 13.5. The van der Waals surface area contributed by atoms with Gasteiger partial charge in [0.05, 0.1) is 12.1 Å². The summed E-state index contributed by atoms with van der Waals surface area (Å²) in [6, 6.07) is 0. The number of thiazole rings is 1. The van der Waals surface area contributed by atoms with Crippen molar-refractivity contribution in [2.24, 2.45) is 0 Å². The van der Waals surface area contributed by atoms with Gasteiger partial charge in [-0.25, -0.2) is 4.98 Å². The zero-order valence-electron chi connectivity index (χ0n) is 12.6. The largest absolute Gasteiger partial charge is 0.481 e. The van der Waals surface area contributed by atoms with Crippen LogP contribution in [0.1, 0.15) is 31.3 Å². The van der Waals surface area contributed by atoms with Gasteiger partial charge in [0.15, 0.2) is 5.13 Å². The second-order valence-electron chi connectivity index (χ2n) is 6.38. The monoisotopic (exact) mass is 297 g/mol. The van der Waals surface area contributed by atoms with Crippen molar-refractivity contribution in [2.75, 3.05) is 38.1 Å². The van der Waals surface area contributed by atoms with Crippen molar-refractivity contribution in [3.63, 3.8) is 0 Å². The van der Waals surface area contributed by atoms with Crippen LogP contribution < -0.4 is 4.90 Å². The number of likely N-dealkylation sites (N-methyl/N-ethyl adjacent to an activating group) is 1. The summed E-state index contributed by atoms with van der Waals surface area (Å²) in [7, 11) is 2.12. The van der Waals surface area contributed by atoms with E-state index in [2.05, 4.69) is 37.6 Å². The topological polar surface area (TPSA) is 56.7 Å². The second kappa shape index (κ2) is 5.69. The molecule has 6 heteroatoms. The van der Waals surface area contributed by atoms with Gasteiger partial charge in [0, 0.05) is 36.5 Å². The third kappa shape index (κ3) is 3.49. The summed E-state index contributed by atoms with van der Waals surface area (Å²) < 4.78 is 0. The van der Waals surface area contributed by atoms with E-state index in [0.29, 0.717) is 0 Å². The maximum absolute atomic E-state index is 11.0. The van der Waals surface area contributed by atoms with Crippen LogP contribution >= 0.6 is 11.3 Å². The number of hydrogen-bond donors (Lipinski definition) is 1. The van der Waals surface area contributed by atoms with Crippen LogP contribution in [0.15, 0.2) is 0 Å². The Kier molecular flexibility index (Phi) is 4.34. The Morgan fingerprint density at radius 1 is 1.30 bits per heavy atom. The van der Waals surface area contributed by atoms with Crippen LogP contribution in [0.3, 0.4) is 0 Å². The Morgan fingerprint density at radius 3 is 2.40 bits per heavy atom. The van der Waals surface area contributed by atoms with Gasteiger partial charge < -0.3 is 14.9 Å². The fourth-order valence-electron chi connectivity index (χ4n) is 2.32. The van der Waals surface area contributed by atoms with E-state index >= 15 is 0 Å². The molecule has 20 heavy (non-hydrogen) atoms. The molecule has 2 heterocycles. The smallest absolute Gasteiger partial charge is 0.308 e. The SMILES string of the molecule is CN1CCN(c2nc(C(C)(C)C)c(CC(=O)O)s2)CC1. The third-order valence-electron chi connectivity index (χ3n) is 3.48. The summed E-state index contributed by atoms with van der Waals surface area (Å²) in [5, 5.41) is 10.0. The maximum atomic E-state index is 11.0. The molecule has 1 aliphatic rings. The Bertz CT molecular complexity index is 485. The van der Waals surface area contributed by atoms with Crippen LogP contribution in [0, 0.1) is 0 Å². The highest BCUT2D eigenvalue weighted by Gasteiger charge is 2.27. The number of nitrogens with zero attached hydrogens (tertiary/aromatic N) is 3. The Labute approximate surface area is 124 Å². The predicted molar refractivity (Wildman–Crippen MR) is 81.9 cm³/mol. The standard InChI is InChI=1S/C14H23N3O2S/c1-14(2,3)12-10(9-11(18)19)20-13(15-12)17-7-5-16(4)6-8-17/h5-9H2,1-4H3,(H,18,19). The lowest BCUT2D eigenvalue weighted by atomic mass is 9.91. The molecule has 1 aromatic rings. The molecule has 112 valence electrons. The van der Waals surface area contributed by atoms with Crippen molar-refractivity contribution in [2.45, 2.75) is 32.6 Å². The highest BCUT2D eigenvalue weighted by atomic mass is 32.1. The van der Waals surface area contributed by atoms with Gasteiger partial charge >= 0.3 is 5.97 Å². The van der Waals surface area contributed by atoms with Crippen molar-refractivity contribution in [1.29, 1.82) is 0 Å². The zero-order chi connectivity index (χ0) is 14.9. The summed E-state index contributed by atoms with van der Waals surface area (Å²) in [6.07, 6.45) is 0.0675. The van der Waals surface area contributed by atoms with E-state index in [-0.39, 0.29) is 11.8 Å². The van der Waals surface area contributed by atoms with E-state index in [1.54, 1.807) is 0 Å². The minimum absolute atomic E-state index is 0.0675. The van der Waals surface area contributed by atoms with Gasteiger partial charge in [-0.2, -0.15) is 0 Å². The molecule has 0 atom stereocenters.